The van der Waals surface area contributed by atoms with Crippen molar-refractivity contribution in [3.05, 3.63) is 59.8 Å². The van der Waals surface area contributed by atoms with Gasteiger partial charge >= 0.3 is 0 Å². The summed E-state index contributed by atoms with van der Waals surface area (Å²) in [6.45, 7) is 0. The zero-order valence-corrected chi connectivity index (χ0v) is 11.8. The lowest BCUT2D eigenvalue weighted by molar-refractivity contribution is -0.116. The molecule has 1 heterocycles. The Morgan fingerprint density at radius 3 is 2.82 bits per heavy atom. The number of hydrogen-bond donors (Lipinski definition) is 2. The van der Waals surface area contributed by atoms with Gasteiger partial charge in [0.1, 0.15) is 0 Å². The molecule has 1 amide bonds. The zero-order chi connectivity index (χ0) is 15.4. The quantitative estimate of drug-likeness (QED) is 0.775. The standard InChI is InChI=1S/C17H14N4O/c18-10-13-3-1-12(2-4-13)5-8-17(22)20-15-6-7-16-14(9-15)11-19-21-16/h1-4,6-7,9,11H,5,8H2,(H,19,21)(H,20,22). The lowest BCUT2D eigenvalue weighted by Gasteiger charge is -2.05. The molecule has 0 aliphatic heterocycles. The Morgan fingerprint density at radius 1 is 1.23 bits per heavy atom. The van der Waals surface area contributed by atoms with Crippen molar-refractivity contribution in [2.24, 2.45) is 0 Å². The van der Waals surface area contributed by atoms with Crippen molar-refractivity contribution in [3.8, 4) is 6.07 Å². The highest BCUT2D eigenvalue weighted by Gasteiger charge is 2.05. The summed E-state index contributed by atoms with van der Waals surface area (Å²) < 4.78 is 0. The first kappa shape index (κ1) is 13.8. The Kier molecular flexibility index (Phi) is 3.84. The third-order valence-electron chi connectivity index (χ3n) is 3.45. The summed E-state index contributed by atoms with van der Waals surface area (Å²) >= 11 is 0. The molecule has 0 bridgehead atoms. The van der Waals surface area contributed by atoms with Crippen LogP contribution in [0.4, 0.5) is 5.69 Å². The monoisotopic (exact) mass is 290 g/mol. The first-order chi connectivity index (χ1) is 10.7. The number of anilines is 1. The fraction of sp³-hybridized carbons (Fsp3) is 0.118. The number of carbonyl (C=O) groups excluding carboxylic acids is 1. The van der Waals surface area contributed by atoms with Crippen LogP contribution in [-0.2, 0) is 11.2 Å². The number of nitriles is 1. The molecule has 0 saturated carbocycles. The fourth-order valence-corrected chi connectivity index (χ4v) is 2.25. The molecule has 0 unspecified atom stereocenters. The van der Waals surface area contributed by atoms with Gasteiger partial charge in [-0.1, -0.05) is 12.1 Å². The van der Waals surface area contributed by atoms with E-state index in [-0.39, 0.29) is 5.91 Å². The Labute approximate surface area is 127 Å². The number of aromatic nitrogens is 2. The van der Waals surface area contributed by atoms with Gasteiger partial charge in [0.2, 0.25) is 5.91 Å². The number of fused-ring (bicyclic) bond motifs is 1. The van der Waals surface area contributed by atoms with E-state index in [0.29, 0.717) is 18.4 Å². The lowest BCUT2D eigenvalue weighted by Crippen LogP contribution is -2.12. The maximum absolute atomic E-state index is 12.0. The molecular formula is C17H14N4O. The molecule has 0 aliphatic carbocycles. The summed E-state index contributed by atoms with van der Waals surface area (Å²) in [6, 6.07) is 15.0. The van der Waals surface area contributed by atoms with Gasteiger partial charge < -0.3 is 5.32 Å². The van der Waals surface area contributed by atoms with E-state index in [1.54, 1.807) is 18.3 Å². The fourth-order valence-electron chi connectivity index (χ4n) is 2.25. The maximum atomic E-state index is 12.0. The Morgan fingerprint density at radius 2 is 2.05 bits per heavy atom. The van der Waals surface area contributed by atoms with Gasteiger partial charge in [-0.15, -0.1) is 0 Å². The Hall–Kier alpha value is -3.13. The van der Waals surface area contributed by atoms with Gasteiger partial charge in [0.25, 0.3) is 0 Å². The minimum atomic E-state index is -0.0350. The molecule has 0 aliphatic rings. The number of rotatable bonds is 4. The average molecular weight is 290 g/mol. The number of amides is 1. The summed E-state index contributed by atoms with van der Waals surface area (Å²) in [5, 5.41) is 19.4. The molecule has 5 heteroatoms. The van der Waals surface area contributed by atoms with Gasteiger partial charge in [-0.3, -0.25) is 9.89 Å². The molecule has 5 nitrogen and oxygen atoms in total. The first-order valence-corrected chi connectivity index (χ1v) is 6.96. The predicted molar refractivity (Wildman–Crippen MR) is 84.2 cm³/mol. The molecule has 1 aromatic heterocycles. The molecular weight excluding hydrogens is 276 g/mol. The molecule has 0 saturated heterocycles. The van der Waals surface area contributed by atoms with Gasteiger partial charge in [0.15, 0.2) is 0 Å². The third kappa shape index (κ3) is 3.13. The van der Waals surface area contributed by atoms with Crippen LogP contribution in [0.3, 0.4) is 0 Å². The molecule has 108 valence electrons. The molecule has 2 aromatic carbocycles. The van der Waals surface area contributed by atoms with Crippen molar-refractivity contribution in [1.29, 1.82) is 5.26 Å². The van der Waals surface area contributed by atoms with Gasteiger partial charge in [-0.05, 0) is 42.3 Å². The zero-order valence-electron chi connectivity index (χ0n) is 11.8. The van der Waals surface area contributed by atoms with Gasteiger partial charge in [0, 0.05) is 17.5 Å². The highest BCUT2D eigenvalue weighted by Crippen LogP contribution is 2.17. The second-order valence-corrected chi connectivity index (χ2v) is 5.03. The number of nitrogens with zero attached hydrogens (tertiary/aromatic N) is 2. The normalized spacial score (nSPS) is 10.3. The second kappa shape index (κ2) is 6.10. The number of aryl methyl sites for hydroxylation is 1. The van der Waals surface area contributed by atoms with Crippen molar-refractivity contribution in [2.45, 2.75) is 12.8 Å². The smallest absolute Gasteiger partial charge is 0.224 e. The molecule has 2 N–H and O–H groups in total. The van der Waals surface area contributed by atoms with Crippen LogP contribution in [0.25, 0.3) is 10.9 Å². The molecule has 0 spiro atoms. The molecule has 22 heavy (non-hydrogen) atoms. The molecule has 0 fully saturated rings. The van der Waals surface area contributed by atoms with Crippen LogP contribution in [0, 0.1) is 11.3 Å². The second-order valence-electron chi connectivity index (χ2n) is 5.03. The van der Waals surface area contributed by atoms with E-state index < -0.39 is 0 Å². The highest BCUT2D eigenvalue weighted by molar-refractivity contribution is 5.93. The molecule has 3 aromatic rings. The summed E-state index contributed by atoms with van der Waals surface area (Å²) in [4.78, 5) is 12.0. The van der Waals surface area contributed by atoms with E-state index in [2.05, 4.69) is 21.6 Å². The van der Waals surface area contributed by atoms with E-state index in [4.69, 9.17) is 5.26 Å². The first-order valence-electron chi connectivity index (χ1n) is 6.96. The van der Waals surface area contributed by atoms with E-state index in [1.807, 2.05) is 30.3 Å². The summed E-state index contributed by atoms with van der Waals surface area (Å²) in [6.07, 6.45) is 2.77. The van der Waals surface area contributed by atoms with Crippen molar-refractivity contribution in [3.63, 3.8) is 0 Å². The van der Waals surface area contributed by atoms with Crippen LogP contribution >= 0.6 is 0 Å². The molecule has 3 rings (SSSR count). The van der Waals surface area contributed by atoms with Crippen molar-refractivity contribution >= 4 is 22.5 Å². The van der Waals surface area contributed by atoms with E-state index in [1.165, 1.54) is 0 Å². The number of benzene rings is 2. The Balaban J connectivity index is 1.58. The van der Waals surface area contributed by atoms with Crippen LogP contribution in [0.2, 0.25) is 0 Å². The molecule has 0 radical (unpaired) electrons. The van der Waals surface area contributed by atoms with Crippen LogP contribution in [0.1, 0.15) is 17.5 Å². The minimum Gasteiger partial charge on any atom is -0.326 e. The summed E-state index contributed by atoms with van der Waals surface area (Å²) in [7, 11) is 0. The SMILES string of the molecule is N#Cc1ccc(CCC(=O)Nc2ccc3[nH]ncc3c2)cc1. The number of aromatic amines is 1. The largest absolute Gasteiger partial charge is 0.326 e. The van der Waals surface area contributed by atoms with E-state index in [9.17, 15) is 4.79 Å². The predicted octanol–water partition coefficient (Wildman–Crippen LogP) is 3.01. The van der Waals surface area contributed by atoms with E-state index in [0.717, 1.165) is 22.2 Å². The van der Waals surface area contributed by atoms with Crippen molar-refractivity contribution in [1.82, 2.24) is 10.2 Å². The topological polar surface area (TPSA) is 81.6 Å². The summed E-state index contributed by atoms with van der Waals surface area (Å²) in [5.74, 6) is -0.0350. The number of hydrogen-bond acceptors (Lipinski definition) is 3. The van der Waals surface area contributed by atoms with Crippen molar-refractivity contribution < 1.29 is 4.79 Å². The van der Waals surface area contributed by atoms with Crippen LogP contribution in [0.15, 0.2) is 48.7 Å². The van der Waals surface area contributed by atoms with Crippen LogP contribution < -0.4 is 5.32 Å². The minimum absolute atomic E-state index is 0.0350. The third-order valence-corrected chi connectivity index (χ3v) is 3.45. The Bertz CT molecular complexity index is 843. The van der Waals surface area contributed by atoms with E-state index >= 15 is 0 Å². The number of nitrogens with one attached hydrogen (secondary N) is 2. The van der Waals surface area contributed by atoms with Crippen LogP contribution in [0.5, 0.6) is 0 Å². The maximum Gasteiger partial charge on any atom is 0.224 e. The molecule has 0 atom stereocenters. The van der Waals surface area contributed by atoms with Crippen LogP contribution in [-0.4, -0.2) is 16.1 Å². The lowest BCUT2D eigenvalue weighted by atomic mass is 10.1. The number of H-pyrrole nitrogens is 1. The average Bonchev–Trinajstić information content (AvgIpc) is 3.01. The van der Waals surface area contributed by atoms with Crippen molar-refractivity contribution in [2.75, 3.05) is 5.32 Å². The van der Waals surface area contributed by atoms with Gasteiger partial charge in [0.05, 0.1) is 23.3 Å². The number of carbonyl (C=O) groups is 1. The van der Waals surface area contributed by atoms with Gasteiger partial charge in [-0.25, -0.2) is 0 Å². The van der Waals surface area contributed by atoms with Gasteiger partial charge in [-0.2, -0.15) is 10.4 Å². The summed E-state index contributed by atoms with van der Waals surface area (Å²) in [5.41, 5.74) is 3.37. The highest BCUT2D eigenvalue weighted by atomic mass is 16.1.